The van der Waals surface area contributed by atoms with Crippen LogP contribution < -0.4 is 10.6 Å². The van der Waals surface area contributed by atoms with Crippen molar-refractivity contribution in [3.05, 3.63) is 65.5 Å². The molecule has 1 aliphatic rings. The van der Waals surface area contributed by atoms with Crippen LogP contribution in [0.2, 0.25) is 0 Å². The lowest BCUT2D eigenvalue weighted by Gasteiger charge is -2.10. The number of hydrogen-bond donors (Lipinski definition) is 2. The highest BCUT2D eigenvalue weighted by Crippen LogP contribution is 2.37. The number of carbonyl (C=O) groups is 1. The van der Waals surface area contributed by atoms with E-state index in [4.69, 9.17) is 0 Å². The predicted molar refractivity (Wildman–Crippen MR) is 102 cm³/mol. The number of nitrogens with one attached hydrogen (secondary N) is 2. The molecule has 0 bridgehead atoms. The molecular weight excluding hydrogens is 345 g/mol. The normalized spacial score (nSPS) is 14.7. The Labute approximate surface area is 155 Å². The Morgan fingerprint density at radius 1 is 1.30 bits per heavy atom. The molecule has 3 heterocycles. The molecule has 4 rings (SSSR count). The number of fused-ring (bicyclic) bond motifs is 1. The standard InChI is InChI=1S/C20H18FN5O/c1-11-5-4-6-15(21)18(11)16-7-14-17(9-22-16)25-20(27)19(14)12(2)24-13-8-23-26(3)10-13/h4-10,24H,1-3H3,(H,25,27)/b19-12-. The molecular formula is C20H18FN5O. The highest BCUT2D eigenvalue weighted by molar-refractivity contribution is 6.32. The topological polar surface area (TPSA) is 71.8 Å². The third-order valence-corrected chi connectivity index (χ3v) is 4.54. The molecule has 0 atom stereocenters. The number of amides is 1. The highest BCUT2D eigenvalue weighted by atomic mass is 19.1. The zero-order chi connectivity index (χ0) is 19.1. The first-order chi connectivity index (χ1) is 12.9. The van der Waals surface area contributed by atoms with Crippen LogP contribution in [-0.2, 0) is 11.8 Å². The fraction of sp³-hybridized carbons (Fsp3) is 0.150. The van der Waals surface area contributed by atoms with Gasteiger partial charge < -0.3 is 10.6 Å². The monoisotopic (exact) mass is 363 g/mol. The zero-order valence-electron chi connectivity index (χ0n) is 15.2. The Balaban J connectivity index is 1.80. The maximum absolute atomic E-state index is 14.4. The van der Waals surface area contributed by atoms with Gasteiger partial charge in [0.25, 0.3) is 5.91 Å². The number of aryl methyl sites for hydroxylation is 2. The van der Waals surface area contributed by atoms with Crippen LogP contribution in [0.4, 0.5) is 15.8 Å². The number of aromatic nitrogens is 3. The number of allylic oxidation sites excluding steroid dienone is 1. The third-order valence-electron chi connectivity index (χ3n) is 4.54. The summed E-state index contributed by atoms with van der Waals surface area (Å²) in [6, 6.07) is 6.66. The molecule has 0 unspecified atom stereocenters. The Morgan fingerprint density at radius 2 is 2.11 bits per heavy atom. The van der Waals surface area contributed by atoms with Crippen LogP contribution in [0.25, 0.3) is 16.8 Å². The van der Waals surface area contributed by atoms with E-state index in [1.54, 1.807) is 29.2 Å². The number of rotatable bonds is 3. The van der Waals surface area contributed by atoms with Gasteiger partial charge in [0, 0.05) is 30.1 Å². The summed E-state index contributed by atoms with van der Waals surface area (Å²) < 4.78 is 16.0. The molecule has 7 heteroatoms. The van der Waals surface area contributed by atoms with Crippen molar-refractivity contribution < 1.29 is 9.18 Å². The number of halogens is 1. The molecule has 1 amide bonds. The number of carbonyl (C=O) groups excluding carboxylic acids is 1. The number of hydrogen-bond acceptors (Lipinski definition) is 4. The molecule has 0 saturated carbocycles. The second-order valence-electron chi connectivity index (χ2n) is 6.53. The van der Waals surface area contributed by atoms with Crippen LogP contribution >= 0.6 is 0 Å². The van der Waals surface area contributed by atoms with Crippen LogP contribution in [-0.4, -0.2) is 20.7 Å². The summed E-state index contributed by atoms with van der Waals surface area (Å²) >= 11 is 0. The van der Waals surface area contributed by atoms with Crippen molar-refractivity contribution in [2.24, 2.45) is 7.05 Å². The Bertz CT molecular complexity index is 1080. The lowest BCUT2D eigenvalue weighted by molar-refractivity contribution is -0.110. The fourth-order valence-electron chi connectivity index (χ4n) is 3.30. The lowest BCUT2D eigenvalue weighted by atomic mass is 10.00. The molecule has 0 saturated heterocycles. The van der Waals surface area contributed by atoms with E-state index in [0.29, 0.717) is 33.8 Å². The molecule has 0 fully saturated rings. The lowest BCUT2D eigenvalue weighted by Crippen LogP contribution is -2.08. The average Bonchev–Trinajstić information content (AvgIpc) is 3.16. The van der Waals surface area contributed by atoms with E-state index in [9.17, 15) is 9.18 Å². The molecule has 0 spiro atoms. The second kappa shape index (κ2) is 6.35. The largest absolute Gasteiger partial charge is 0.356 e. The van der Waals surface area contributed by atoms with Gasteiger partial charge in [-0.3, -0.25) is 14.5 Å². The van der Waals surface area contributed by atoms with Crippen molar-refractivity contribution in [1.29, 1.82) is 0 Å². The van der Waals surface area contributed by atoms with Gasteiger partial charge in [-0.05, 0) is 31.5 Å². The van der Waals surface area contributed by atoms with Crippen LogP contribution in [0.1, 0.15) is 18.1 Å². The smallest absolute Gasteiger partial charge is 0.258 e. The van der Waals surface area contributed by atoms with E-state index in [-0.39, 0.29) is 11.7 Å². The van der Waals surface area contributed by atoms with E-state index in [2.05, 4.69) is 20.7 Å². The van der Waals surface area contributed by atoms with Gasteiger partial charge in [0.2, 0.25) is 0 Å². The van der Waals surface area contributed by atoms with Gasteiger partial charge in [-0.1, -0.05) is 12.1 Å². The van der Waals surface area contributed by atoms with Crippen molar-refractivity contribution in [1.82, 2.24) is 14.8 Å². The molecule has 27 heavy (non-hydrogen) atoms. The number of benzene rings is 1. The minimum absolute atomic E-state index is 0.219. The van der Waals surface area contributed by atoms with Gasteiger partial charge in [-0.25, -0.2) is 4.39 Å². The maximum atomic E-state index is 14.4. The molecule has 2 aromatic heterocycles. The fourth-order valence-corrected chi connectivity index (χ4v) is 3.30. The number of nitrogens with zero attached hydrogens (tertiary/aromatic N) is 3. The summed E-state index contributed by atoms with van der Waals surface area (Å²) in [6.07, 6.45) is 5.07. The maximum Gasteiger partial charge on any atom is 0.258 e. The van der Waals surface area contributed by atoms with E-state index in [1.165, 1.54) is 6.07 Å². The summed E-state index contributed by atoms with van der Waals surface area (Å²) in [6.45, 7) is 3.66. The summed E-state index contributed by atoms with van der Waals surface area (Å²) in [5, 5.41) is 10.1. The minimum atomic E-state index is -0.338. The first-order valence-electron chi connectivity index (χ1n) is 8.48. The average molecular weight is 363 g/mol. The molecule has 0 radical (unpaired) electrons. The Hall–Kier alpha value is -3.48. The first-order valence-corrected chi connectivity index (χ1v) is 8.48. The van der Waals surface area contributed by atoms with E-state index >= 15 is 0 Å². The molecule has 2 N–H and O–H groups in total. The van der Waals surface area contributed by atoms with Crippen LogP contribution in [0.5, 0.6) is 0 Å². The van der Waals surface area contributed by atoms with Gasteiger partial charge >= 0.3 is 0 Å². The molecule has 1 aromatic carbocycles. The van der Waals surface area contributed by atoms with Crippen molar-refractivity contribution in [2.45, 2.75) is 13.8 Å². The molecule has 1 aliphatic heterocycles. The van der Waals surface area contributed by atoms with Gasteiger partial charge in [-0.15, -0.1) is 0 Å². The second-order valence-corrected chi connectivity index (χ2v) is 6.53. The molecule has 136 valence electrons. The third kappa shape index (κ3) is 2.97. The van der Waals surface area contributed by atoms with Crippen LogP contribution in [0.15, 0.2) is 48.6 Å². The SMILES string of the molecule is C/C(Nc1cnn(C)c1)=C1/C(=O)Nc2cnc(-c3c(C)cccc3F)cc21. The van der Waals surface area contributed by atoms with Crippen molar-refractivity contribution in [2.75, 3.05) is 10.6 Å². The Kier molecular flexibility index (Phi) is 3.99. The predicted octanol–water partition coefficient (Wildman–Crippen LogP) is 3.72. The number of anilines is 2. The van der Waals surface area contributed by atoms with E-state index < -0.39 is 0 Å². The summed E-state index contributed by atoms with van der Waals surface area (Å²) in [5.41, 5.74) is 5.00. The van der Waals surface area contributed by atoms with Crippen molar-refractivity contribution in [3.8, 4) is 11.3 Å². The molecule has 3 aromatic rings. The minimum Gasteiger partial charge on any atom is -0.356 e. The van der Waals surface area contributed by atoms with Gasteiger partial charge in [0.15, 0.2) is 0 Å². The molecule has 0 aliphatic carbocycles. The molecule has 6 nitrogen and oxygen atoms in total. The van der Waals surface area contributed by atoms with Gasteiger partial charge in [0.05, 0.1) is 35.0 Å². The van der Waals surface area contributed by atoms with Crippen LogP contribution in [0.3, 0.4) is 0 Å². The zero-order valence-corrected chi connectivity index (χ0v) is 15.2. The van der Waals surface area contributed by atoms with E-state index in [0.717, 1.165) is 11.3 Å². The quantitative estimate of drug-likeness (QED) is 0.696. The van der Waals surface area contributed by atoms with Crippen molar-refractivity contribution >= 4 is 22.9 Å². The van der Waals surface area contributed by atoms with Crippen LogP contribution in [0, 0.1) is 12.7 Å². The number of pyridine rings is 1. The highest BCUT2D eigenvalue weighted by Gasteiger charge is 2.28. The van der Waals surface area contributed by atoms with E-state index in [1.807, 2.05) is 33.2 Å². The Morgan fingerprint density at radius 3 is 2.81 bits per heavy atom. The van der Waals surface area contributed by atoms with Gasteiger partial charge in [0.1, 0.15) is 5.82 Å². The van der Waals surface area contributed by atoms with Crippen molar-refractivity contribution in [3.63, 3.8) is 0 Å². The first kappa shape index (κ1) is 17.0. The van der Waals surface area contributed by atoms with Gasteiger partial charge in [-0.2, -0.15) is 5.10 Å². The summed E-state index contributed by atoms with van der Waals surface area (Å²) in [7, 11) is 1.82. The summed E-state index contributed by atoms with van der Waals surface area (Å²) in [5.74, 6) is -0.557. The summed E-state index contributed by atoms with van der Waals surface area (Å²) in [4.78, 5) is 16.9.